The van der Waals surface area contributed by atoms with E-state index in [2.05, 4.69) is 5.32 Å². The standard InChI is InChI=1S/C13H21N3O3S/c1-13(2,3)11(14)12(17)16-8-9-5-4-6-10(7-9)20(15,18)19/h4-7,11H,8,14H2,1-3H3,(H,16,17)(H2,15,18,19). The van der Waals surface area contributed by atoms with Crippen molar-refractivity contribution in [1.29, 1.82) is 0 Å². The molecule has 1 aromatic carbocycles. The van der Waals surface area contributed by atoms with Crippen molar-refractivity contribution in [3.05, 3.63) is 29.8 Å². The highest BCUT2D eigenvalue weighted by atomic mass is 32.2. The topological polar surface area (TPSA) is 115 Å². The first kappa shape index (κ1) is 16.6. The highest BCUT2D eigenvalue weighted by molar-refractivity contribution is 7.89. The van der Waals surface area contributed by atoms with Crippen LogP contribution < -0.4 is 16.2 Å². The molecule has 112 valence electrons. The zero-order valence-electron chi connectivity index (χ0n) is 11.9. The van der Waals surface area contributed by atoms with Gasteiger partial charge in [0.05, 0.1) is 10.9 Å². The monoisotopic (exact) mass is 299 g/mol. The van der Waals surface area contributed by atoms with E-state index in [9.17, 15) is 13.2 Å². The Labute approximate surface area is 119 Å². The van der Waals surface area contributed by atoms with Gasteiger partial charge in [0.2, 0.25) is 15.9 Å². The summed E-state index contributed by atoms with van der Waals surface area (Å²) in [6.07, 6.45) is 0. The summed E-state index contributed by atoms with van der Waals surface area (Å²) in [4.78, 5) is 11.9. The van der Waals surface area contributed by atoms with Crippen LogP contribution in [0, 0.1) is 5.41 Å². The molecule has 1 atom stereocenters. The van der Waals surface area contributed by atoms with Crippen LogP contribution in [0.3, 0.4) is 0 Å². The van der Waals surface area contributed by atoms with E-state index in [-0.39, 0.29) is 22.8 Å². The molecular formula is C13H21N3O3S. The van der Waals surface area contributed by atoms with Crippen LogP contribution >= 0.6 is 0 Å². The minimum Gasteiger partial charge on any atom is -0.351 e. The fourth-order valence-corrected chi connectivity index (χ4v) is 2.11. The van der Waals surface area contributed by atoms with Crippen LogP contribution in [0.1, 0.15) is 26.3 Å². The lowest BCUT2D eigenvalue weighted by Gasteiger charge is -2.25. The molecule has 1 unspecified atom stereocenters. The molecule has 1 rings (SSSR count). The maximum atomic E-state index is 11.9. The van der Waals surface area contributed by atoms with Gasteiger partial charge < -0.3 is 11.1 Å². The van der Waals surface area contributed by atoms with Crippen molar-refractivity contribution in [1.82, 2.24) is 5.32 Å². The molecule has 0 heterocycles. The zero-order valence-corrected chi connectivity index (χ0v) is 12.7. The Morgan fingerprint density at radius 1 is 1.35 bits per heavy atom. The van der Waals surface area contributed by atoms with Gasteiger partial charge in [0.1, 0.15) is 0 Å². The number of hydrogen-bond donors (Lipinski definition) is 3. The molecule has 0 aliphatic carbocycles. The molecule has 0 radical (unpaired) electrons. The van der Waals surface area contributed by atoms with E-state index in [1.807, 2.05) is 20.8 Å². The number of benzene rings is 1. The molecule has 0 saturated heterocycles. The second-order valence-electron chi connectivity index (χ2n) is 5.75. The largest absolute Gasteiger partial charge is 0.351 e. The molecule has 0 aliphatic rings. The minimum absolute atomic E-state index is 0.0179. The fraction of sp³-hybridized carbons (Fsp3) is 0.462. The maximum Gasteiger partial charge on any atom is 0.238 e. The molecule has 20 heavy (non-hydrogen) atoms. The van der Waals surface area contributed by atoms with E-state index in [4.69, 9.17) is 10.9 Å². The molecule has 0 saturated carbocycles. The molecule has 7 heteroatoms. The van der Waals surface area contributed by atoms with Crippen LogP contribution in [-0.2, 0) is 21.4 Å². The molecule has 0 spiro atoms. The number of primary sulfonamides is 1. The number of rotatable bonds is 4. The Morgan fingerprint density at radius 2 is 1.95 bits per heavy atom. The van der Waals surface area contributed by atoms with Gasteiger partial charge >= 0.3 is 0 Å². The number of sulfonamides is 1. The second kappa shape index (κ2) is 5.90. The van der Waals surface area contributed by atoms with Gasteiger partial charge in [-0.1, -0.05) is 32.9 Å². The Hall–Kier alpha value is -1.44. The SMILES string of the molecule is CC(C)(C)C(N)C(=O)NCc1cccc(S(N)(=O)=O)c1. The lowest BCUT2D eigenvalue weighted by atomic mass is 9.87. The van der Waals surface area contributed by atoms with Crippen molar-refractivity contribution >= 4 is 15.9 Å². The van der Waals surface area contributed by atoms with Gasteiger partial charge in [-0.15, -0.1) is 0 Å². The molecule has 0 aromatic heterocycles. The van der Waals surface area contributed by atoms with Gasteiger partial charge in [0, 0.05) is 6.54 Å². The number of carbonyl (C=O) groups is 1. The number of carbonyl (C=O) groups excluding carboxylic acids is 1. The molecule has 6 nitrogen and oxygen atoms in total. The predicted molar refractivity (Wildman–Crippen MR) is 77.1 cm³/mol. The van der Waals surface area contributed by atoms with Crippen LogP contribution in [0.5, 0.6) is 0 Å². The fourth-order valence-electron chi connectivity index (χ4n) is 1.52. The quantitative estimate of drug-likeness (QED) is 0.742. The normalized spacial score (nSPS) is 13.8. The molecule has 5 N–H and O–H groups in total. The van der Waals surface area contributed by atoms with Crippen LogP contribution in [0.15, 0.2) is 29.2 Å². The first-order valence-electron chi connectivity index (χ1n) is 6.17. The minimum atomic E-state index is -3.74. The molecule has 0 bridgehead atoms. The average molecular weight is 299 g/mol. The maximum absolute atomic E-state index is 11.9. The van der Waals surface area contributed by atoms with Gasteiger partial charge in [-0.3, -0.25) is 4.79 Å². The Balaban J connectivity index is 2.74. The van der Waals surface area contributed by atoms with Crippen LogP contribution in [-0.4, -0.2) is 20.4 Å². The van der Waals surface area contributed by atoms with Gasteiger partial charge in [-0.2, -0.15) is 0 Å². The summed E-state index contributed by atoms with van der Waals surface area (Å²) >= 11 is 0. The molecular weight excluding hydrogens is 278 g/mol. The van der Waals surface area contributed by atoms with E-state index >= 15 is 0 Å². The highest BCUT2D eigenvalue weighted by Gasteiger charge is 2.27. The van der Waals surface area contributed by atoms with E-state index in [0.29, 0.717) is 5.56 Å². The van der Waals surface area contributed by atoms with E-state index < -0.39 is 16.1 Å². The summed E-state index contributed by atoms with van der Waals surface area (Å²) < 4.78 is 22.5. The summed E-state index contributed by atoms with van der Waals surface area (Å²) in [6.45, 7) is 5.82. The van der Waals surface area contributed by atoms with Gasteiger partial charge in [0.15, 0.2) is 0 Å². The van der Waals surface area contributed by atoms with Crippen molar-refractivity contribution in [2.45, 2.75) is 38.3 Å². The smallest absolute Gasteiger partial charge is 0.238 e. The van der Waals surface area contributed by atoms with Crippen molar-refractivity contribution in [3.8, 4) is 0 Å². The first-order valence-corrected chi connectivity index (χ1v) is 7.71. The lowest BCUT2D eigenvalue weighted by Crippen LogP contribution is -2.48. The molecule has 1 amide bonds. The second-order valence-corrected chi connectivity index (χ2v) is 7.32. The lowest BCUT2D eigenvalue weighted by molar-refractivity contribution is -0.124. The Bertz CT molecular complexity index is 591. The molecule has 0 aliphatic heterocycles. The van der Waals surface area contributed by atoms with Gasteiger partial charge in [-0.25, -0.2) is 13.6 Å². The molecule has 0 fully saturated rings. The third-order valence-electron chi connectivity index (χ3n) is 2.91. The van der Waals surface area contributed by atoms with Crippen molar-refractivity contribution in [2.75, 3.05) is 0 Å². The summed E-state index contributed by atoms with van der Waals surface area (Å²) in [5, 5.41) is 7.74. The third kappa shape index (κ3) is 4.59. The summed E-state index contributed by atoms with van der Waals surface area (Å²) in [7, 11) is -3.74. The first-order chi connectivity index (χ1) is 9.01. The van der Waals surface area contributed by atoms with Crippen LogP contribution in [0.4, 0.5) is 0 Å². The zero-order chi connectivity index (χ0) is 15.6. The van der Waals surface area contributed by atoms with Gasteiger partial charge in [-0.05, 0) is 23.1 Å². The van der Waals surface area contributed by atoms with Gasteiger partial charge in [0.25, 0.3) is 0 Å². The Kier molecular flexibility index (Phi) is 4.90. The number of hydrogen-bond acceptors (Lipinski definition) is 4. The van der Waals surface area contributed by atoms with Crippen molar-refractivity contribution < 1.29 is 13.2 Å². The van der Waals surface area contributed by atoms with Crippen LogP contribution in [0.25, 0.3) is 0 Å². The van der Waals surface area contributed by atoms with E-state index in [1.165, 1.54) is 12.1 Å². The van der Waals surface area contributed by atoms with E-state index in [0.717, 1.165) is 0 Å². The number of nitrogens with one attached hydrogen (secondary N) is 1. The predicted octanol–water partition coefficient (Wildman–Crippen LogP) is 0.324. The summed E-state index contributed by atoms with van der Waals surface area (Å²) in [6, 6.07) is 5.48. The van der Waals surface area contributed by atoms with E-state index in [1.54, 1.807) is 12.1 Å². The Morgan fingerprint density at radius 3 is 2.45 bits per heavy atom. The van der Waals surface area contributed by atoms with Crippen molar-refractivity contribution in [3.63, 3.8) is 0 Å². The molecule has 1 aromatic rings. The third-order valence-corrected chi connectivity index (χ3v) is 3.82. The summed E-state index contributed by atoms with van der Waals surface area (Å²) in [5.74, 6) is -0.279. The number of amides is 1. The average Bonchev–Trinajstić information content (AvgIpc) is 2.33. The number of nitrogens with two attached hydrogens (primary N) is 2. The van der Waals surface area contributed by atoms with Crippen molar-refractivity contribution in [2.24, 2.45) is 16.3 Å². The van der Waals surface area contributed by atoms with Crippen LogP contribution in [0.2, 0.25) is 0 Å². The highest BCUT2D eigenvalue weighted by Crippen LogP contribution is 2.17. The summed E-state index contributed by atoms with van der Waals surface area (Å²) in [5.41, 5.74) is 6.13.